The fraction of sp³-hybridized carbons (Fsp3) is 0.421. The Morgan fingerprint density at radius 3 is 2.19 bits per heavy atom. The molecule has 0 spiro atoms. The van der Waals surface area contributed by atoms with Crippen LogP contribution in [0.3, 0.4) is 0 Å². The highest BCUT2D eigenvalue weighted by Gasteiger charge is 2.14. The molecule has 1 aromatic heterocycles. The smallest absolute Gasteiger partial charge is 0.228 e. The number of nitrogens with zero attached hydrogens (tertiary/aromatic N) is 2. The molecule has 0 fully saturated rings. The SMILES string of the molecule is CCC(CC)C(=O)Nc1ccc(NCCOc2ccc(OC)cc2)nn1. The highest BCUT2D eigenvalue weighted by Crippen LogP contribution is 2.17. The summed E-state index contributed by atoms with van der Waals surface area (Å²) in [6.45, 7) is 5.07. The van der Waals surface area contributed by atoms with E-state index >= 15 is 0 Å². The molecule has 0 saturated heterocycles. The monoisotopic (exact) mass is 358 g/mol. The van der Waals surface area contributed by atoms with Crippen molar-refractivity contribution >= 4 is 17.5 Å². The Balaban J connectivity index is 1.73. The van der Waals surface area contributed by atoms with Gasteiger partial charge < -0.3 is 20.1 Å². The zero-order valence-corrected chi connectivity index (χ0v) is 15.5. The summed E-state index contributed by atoms with van der Waals surface area (Å²) in [6.07, 6.45) is 1.62. The number of ether oxygens (including phenoxy) is 2. The Labute approximate surface area is 154 Å². The van der Waals surface area contributed by atoms with Gasteiger partial charge in [0.15, 0.2) is 5.82 Å². The van der Waals surface area contributed by atoms with Crippen LogP contribution in [-0.4, -0.2) is 36.4 Å². The maximum absolute atomic E-state index is 12.0. The van der Waals surface area contributed by atoms with Crippen LogP contribution in [0.2, 0.25) is 0 Å². The topological polar surface area (TPSA) is 85.4 Å². The normalized spacial score (nSPS) is 10.5. The maximum Gasteiger partial charge on any atom is 0.228 e. The minimum Gasteiger partial charge on any atom is -0.497 e. The van der Waals surface area contributed by atoms with Gasteiger partial charge in [-0.2, -0.15) is 0 Å². The first-order chi connectivity index (χ1) is 12.7. The van der Waals surface area contributed by atoms with Crippen molar-refractivity contribution in [2.75, 3.05) is 30.9 Å². The van der Waals surface area contributed by atoms with Crippen LogP contribution in [-0.2, 0) is 4.79 Å². The molecule has 2 aromatic rings. The van der Waals surface area contributed by atoms with Crippen LogP contribution in [0.5, 0.6) is 11.5 Å². The zero-order chi connectivity index (χ0) is 18.8. The average molecular weight is 358 g/mol. The first-order valence-electron chi connectivity index (χ1n) is 8.81. The van der Waals surface area contributed by atoms with Crippen LogP contribution in [0.1, 0.15) is 26.7 Å². The van der Waals surface area contributed by atoms with Gasteiger partial charge in [-0.25, -0.2) is 0 Å². The Morgan fingerprint density at radius 2 is 1.62 bits per heavy atom. The fourth-order valence-corrected chi connectivity index (χ4v) is 2.40. The van der Waals surface area contributed by atoms with Crippen LogP contribution >= 0.6 is 0 Å². The maximum atomic E-state index is 12.0. The minimum absolute atomic E-state index is 0.00436. The molecule has 26 heavy (non-hydrogen) atoms. The van der Waals surface area contributed by atoms with E-state index in [1.807, 2.05) is 38.1 Å². The van der Waals surface area contributed by atoms with E-state index in [4.69, 9.17) is 9.47 Å². The van der Waals surface area contributed by atoms with Gasteiger partial charge in [-0.05, 0) is 49.2 Å². The van der Waals surface area contributed by atoms with Gasteiger partial charge in [-0.15, -0.1) is 10.2 Å². The molecule has 0 saturated carbocycles. The number of benzene rings is 1. The summed E-state index contributed by atoms with van der Waals surface area (Å²) in [5.74, 6) is 2.65. The Morgan fingerprint density at radius 1 is 1.00 bits per heavy atom. The van der Waals surface area contributed by atoms with E-state index in [-0.39, 0.29) is 11.8 Å². The van der Waals surface area contributed by atoms with E-state index in [9.17, 15) is 4.79 Å². The summed E-state index contributed by atoms with van der Waals surface area (Å²) < 4.78 is 10.7. The lowest BCUT2D eigenvalue weighted by Crippen LogP contribution is -2.22. The molecule has 7 heteroatoms. The first kappa shape index (κ1) is 19.5. The second kappa shape index (κ2) is 10.2. The molecular weight excluding hydrogens is 332 g/mol. The molecule has 140 valence electrons. The molecule has 0 atom stereocenters. The first-order valence-corrected chi connectivity index (χ1v) is 8.81. The second-order valence-electron chi connectivity index (χ2n) is 5.76. The summed E-state index contributed by atoms with van der Waals surface area (Å²) >= 11 is 0. The van der Waals surface area contributed by atoms with E-state index in [0.717, 1.165) is 24.3 Å². The largest absolute Gasteiger partial charge is 0.497 e. The van der Waals surface area contributed by atoms with Crippen molar-refractivity contribution in [2.24, 2.45) is 5.92 Å². The molecule has 0 aliphatic heterocycles. The van der Waals surface area contributed by atoms with Crippen LogP contribution in [0, 0.1) is 5.92 Å². The minimum atomic E-state index is -0.0158. The van der Waals surface area contributed by atoms with E-state index < -0.39 is 0 Å². The van der Waals surface area contributed by atoms with Crippen molar-refractivity contribution in [1.82, 2.24) is 10.2 Å². The highest BCUT2D eigenvalue weighted by molar-refractivity contribution is 5.91. The number of rotatable bonds is 10. The third-order valence-electron chi connectivity index (χ3n) is 4.01. The van der Waals surface area contributed by atoms with E-state index in [0.29, 0.717) is 24.8 Å². The van der Waals surface area contributed by atoms with Gasteiger partial charge in [0.05, 0.1) is 13.7 Å². The molecule has 1 aromatic carbocycles. The van der Waals surface area contributed by atoms with Gasteiger partial charge in [-0.3, -0.25) is 4.79 Å². The van der Waals surface area contributed by atoms with Crippen molar-refractivity contribution in [2.45, 2.75) is 26.7 Å². The molecule has 2 rings (SSSR count). The van der Waals surface area contributed by atoms with Crippen LogP contribution in [0.4, 0.5) is 11.6 Å². The lowest BCUT2D eigenvalue weighted by Gasteiger charge is -2.12. The number of aromatic nitrogens is 2. The molecule has 1 amide bonds. The number of nitrogens with one attached hydrogen (secondary N) is 2. The van der Waals surface area contributed by atoms with E-state index in [1.54, 1.807) is 19.2 Å². The Bertz CT molecular complexity index is 670. The number of methoxy groups -OCH3 is 1. The van der Waals surface area contributed by atoms with Crippen molar-refractivity contribution in [3.05, 3.63) is 36.4 Å². The van der Waals surface area contributed by atoms with Gasteiger partial charge in [0.1, 0.15) is 23.9 Å². The molecule has 7 nitrogen and oxygen atoms in total. The summed E-state index contributed by atoms with van der Waals surface area (Å²) in [6, 6.07) is 10.9. The molecule has 1 heterocycles. The number of carbonyl (C=O) groups is 1. The predicted molar refractivity (Wildman–Crippen MR) is 102 cm³/mol. The fourth-order valence-electron chi connectivity index (χ4n) is 2.40. The summed E-state index contributed by atoms with van der Waals surface area (Å²) in [7, 11) is 1.63. The quantitative estimate of drug-likeness (QED) is 0.634. The molecule has 0 aliphatic rings. The predicted octanol–water partition coefficient (Wildman–Crippen LogP) is 3.35. The van der Waals surface area contributed by atoms with Crippen molar-refractivity contribution < 1.29 is 14.3 Å². The van der Waals surface area contributed by atoms with Crippen LogP contribution in [0.15, 0.2) is 36.4 Å². The van der Waals surface area contributed by atoms with Crippen LogP contribution in [0.25, 0.3) is 0 Å². The standard InChI is InChI=1S/C19H26N4O3/c1-4-14(5-2)19(24)21-18-11-10-17(22-23-18)20-12-13-26-16-8-6-15(25-3)7-9-16/h6-11,14H,4-5,12-13H2,1-3H3,(H,20,22)(H,21,23,24). The molecule has 0 aliphatic carbocycles. The van der Waals surface area contributed by atoms with E-state index in [1.165, 1.54) is 0 Å². The number of hydrogen-bond acceptors (Lipinski definition) is 6. The second-order valence-corrected chi connectivity index (χ2v) is 5.76. The number of hydrogen-bond donors (Lipinski definition) is 2. The average Bonchev–Trinajstić information content (AvgIpc) is 2.68. The highest BCUT2D eigenvalue weighted by atomic mass is 16.5. The molecular formula is C19H26N4O3. The number of carbonyl (C=O) groups excluding carboxylic acids is 1. The molecule has 2 N–H and O–H groups in total. The summed E-state index contributed by atoms with van der Waals surface area (Å²) in [5, 5.41) is 14.0. The van der Waals surface area contributed by atoms with Gasteiger partial charge in [-0.1, -0.05) is 13.8 Å². The van der Waals surface area contributed by atoms with Gasteiger partial charge in [0.2, 0.25) is 5.91 Å². The van der Waals surface area contributed by atoms with Crippen molar-refractivity contribution in [3.8, 4) is 11.5 Å². The number of anilines is 2. The Hall–Kier alpha value is -2.83. The van der Waals surface area contributed by atoms with Gasteiger partial charge in [0.25, 0.3) is 0 Å². The van der Waals surface area contributed by atoms with E-state index in [2.05, 4.69) is 20.8 Å². The molecule has 0 unspecified atom stereocenters. The van der Waals surface area contributed by atoms with Crippen molar-refractivity contribution in [3.63, 3.8) is 0 Å². The van der Waals surface area contributed by atoms with Gasteiger partial charge in [0, 0.05) is 5.92 Å². The zero-order valence-electron chi connectivity index (χ0n) is 15.5. The summed E-state index contributed by atoms with van der Waals surface area (Å²) in [5.41, 5.74) is 0. The lowest BCUT2D eigenvalue weighted by molar-refractivity contribution is -0.120. The number of amides is 1. The van der Waals surface area contributed by atoms with Crippen LogP contribution < -0.4 is 20.1 Å². The molecule has 0 bridgehead atoms. The summed E-state index contributed by atoms with van der Waals surface area (Å²) in [4.78, 5) is 12.0. The molecule has 0 radical (unpaired) electrons. The third kappa shape index (κ3) is 5.91. The van der Waals surface area contributed by atoms with Crippen molar-refractivity contribution in [1.29, 1.82) is 0 Å². The lowest BCUT2D eigenvalue weighted by atomic mass is 10.0. The Kier molecular flexibility index (Phi) is 7.67. The third-order valence-corrected chi connectivity index (χ3v) is 4.01. The van der Waals surface area contributed by atoms with Gasteiger partial charge >= 0.3 is 0 Å².